The lowest BCUT2D eigenvalue weighted by atomic mass is 10.1. The van der Waals surface area contributed by atoms with Crippen molar-refractivity contribution in [2.75, 3.05) is 5.75 Å². The Kier molecular flexibility index (Phi) is 12.8. The van der Waals surface area contributed by atoms with Gasteiger partial charge in [0.25, 0.3) is 0 Å². The molecule has 1 nitrogen and oxygen atoms in total. The van der Waals surface area contributed by atoms with Crippen molar-refractivity contribution in [2.24, 2.45) is 0 Å². The molecule has 1 rings (SSSR count). The van der Waals surface area contributed by atoms with Crippen molar-refractivity contribution in [3.8, 4) is 5.40 Å². The molecular weight excluding hydrogens is 298 g/mol. The summed E-state index contributed by atoms with van der Waals surface area (Å²) < 4.78 is 0. The van der Waals surface area contributed by atoms with Crippen molar-refractivity contribution in [3.05, 3.63) is 35.9 Å². The molecule has 0 bridgehead atoms. The normalized spacial score (nSPS) is 12.0. The zero-order chi connectivity index (χ0) is 16.6. The molecule has 0 N–H and O–H groups in total. The Bertz CT molecular complexity index is 410. The van der Waals surface area contributed by atoms with Crippen LogP contribution in [0.4, 0.5) is 0 Å². The molecule has 0 saturated heterocycles. The zero-order valence-corrected chi connectivity index (χ0v) is 15.8. The highest BCUT2D eigenvalue weighted by atomic mass is 32.2. The van der Waals surface area contributed by atoms with Crippen LogP contribution < -0.4 is 0 Å². The topological polar surface area (TPSA) is 23.8 Å². The van der Waals surface area contributed by atoms with E-state index in [1.165, 1.54) is 76.2 Å². The van der Waals surface area contributed by atoms with E-state index in [4.69, 9.17) is 0 Å². The van der Waals surface area contributed by atoms with Gasteiger partial charge in [-0.05, 0) is 12.8 Å². The number of hydrogen-bond acceptors (Lipinski definition) is 1. The first-order valence-electron chi connectivity index (χ1n) is 9.48. The van der Waals surface area contributed by atoms with Crippen LogP contribution in [0.5, 0.6) is 0 Å². The summed E-state index contributed by atoms with van der Waals surface area (Å²) in [7, 11) is -0.0905. The van der Waals surface area contributed by atoms with Gasteiger partial charge in [0.2, 0.25) is 0 Å². The number of rotatable bonds is 14. The molecule has 1 aromatic carbocycles. The third-order valence-corrected chi connectivity index (χ3v) is 6.03. The van der Waals surface area contributed by atoms with Gasteiger partial charge in [0.1, 0.15) is 22.4 Å². The predicted molar refractivity (Wildman–Crippen MR) is 104 cm³/mol. The van der Waals surface area contributed by atoms with Gasteiger partial charge in [0.05, 0.1) is 0 Å². The van der Waals surface area contributed by atoms with Gasteiger partial charge in [-0.2, -0.15) is 0 Å². The summed E-state index contributed by atoms with van der Waals surface area (Å²) in [6.45, 7) is 2.28. The van der Waals surface area contributed by atoms with Gasteiger partial charge in [0, 0.05) is 5.56 Å². The van der Waals surface area contributed by atoms with Crippen LogP contribution in [0.1, 0.15) is 83.1 Å². The monoisotopic (exact) mass is 332 g/mol. The lowest BCUT2D eigenvalue weighted by Crippen LogP contribution is -2.07. The number of nitriles is 1. The third-order valence-electron chi connectivity index (χ3n) is 4.31. The molecule has 0 heterocycles. The molecule has 1 atom stereocenters. The summed E-state index contributed by atoms with van der Waals surface area (Å²) in [5.41, 5.74) is 1.31. The lowest BCUT2D eigenvalue weighted by Gasteiger charge is -2.03. The summed E-state index contributed by atoms with van der Waals surface area (Å²) in [6.07, 6.45) is 15.1. The quantitative estimate of drug-likeness (QED) is 0.214. The number of nitrogens with zero attached hydrogens (tertiary/aromatic N) is 1. The van der Waals surface area contributed by atoms with Crippen LogP contribution in [0.25, 0.3) is 0 Å². The fraction of sp³-hybridized carbons (Fsp3) is 0.667. The Morgan fingerprint density at radius 1 is 0.783 bits per heavy atom. The Balaban J connectivity index is 1.94. The first-order valence-corrected chi connectivity index (χ1v) is 11.0. The highest BCUT2D eigenvalue weighted by molar-refractivity contribution is 8.00. The van der Waals surface area contributed by atoms with Gasteiger partial charge in [-0.15, -0.1) is 5.26 Å². The largest absolute Gasteiger partial charge is 0.319 e. The van der Waals surface area contributed by atoms with Crippen molar-refractivity contribution < 1.29 is 0 Å². The van der Waals surface area contributed by atoms with E-state index in [9.17, 15) is 5.26 Å². The lowest BCUT2D eigenvalue weighted by molar-refractivity contribution is 0.555. The maximum atomic E-state index is 9.31. The molecule has 0 aliphatic heterocycles. The highest BCUT2D eigenvalue weighted by Crippen LogP contribution is 2.14. The number of hydrogen-bond donors (Lipinski definition) is 0. The van der Waals surface area contributed by atoms with Crippen molar-refractivity contribution in [3.63, 3.8) is 0 Å². The average molecular weight is 333 g/mol. The van der Waals surface area contributed by atoms with Gasteiger partial charge in [-0.25, -0.2) is 0 Å². The van der Waals surface area contributed by atoms with Crippen molar-refractivity contribution in [1.82, 2.24) is 0 Å². The molecule has 23 heavy (non-hydrogen) atoms. The minimum absolute atomic E-state index is 0.0905. The van der Waals surface area contributed by atoms with Crippen molar-refractivity contribution >= 4 is 10.9 Å². The van der Waals surface area contributed by atoms with E-state index in [0.717, 1.165) is 11.5 Å². The van der Waals surface area contributed by atoms with Crippen LogP contribution in [0.3, 0.4) is 0 Å². The van der Waals surface area contributed by atoms with E-state index >= 15 is 0 Å². The Labute approximate surface area is 146 Å². The maximum Gasteiger partial charge on any atom is 0.319 e. The van der Waals surface area contributed by atoms with Crippen LogP contribution in [0.15, 0.2) is 30.3 Å². The second-order valence-corrected chi connectivity index (χ2v) is 8.32. The van der Waals surface area contributed by atoms with E-state index < -0.39 is 0 Å². The minimum atomic E-state index is -0.0905. The molecule has 0 spiro atoms. The van der Waals surface area contributed by atoms with Crippen LogP contribution in [0.2, 0.25) is 0 Å². The maximum absolute atomic E-state index is 9.31. The molecule has 128 valence electrons. The summed E-state index contributed by atoms with van der Waals surface area (Å²) in [5.74, 6) is 2.03. The fourth-order valence-electron chi connectivity index (χ4n) is 2.87. The second kappa shape index (κ2) is 14.6. The smallest absolute Gasteiger partial charge is 0.136 e. The second-order valence-electron chi connectivity index (χ2n) is 6.45. The molecule has 0 aliphatic rings. The van der Waals surface area contributed by atoms with Crippen LogP contribution in [-0.4, -0.2) is 5.75 Å². The van der Waals surface area contributed by atoms with Gasteiger partial charge >= 0.3 is 5.40 Å². The molecule has 2 heteroatoms. The first-order chi connectivity index (χ1) is 11.4. The van der Waals surface area contributed by atoms with E-state index in [2.05, 4.69) is 36.6 Å². The minimum Gasteiger partial charge on any atom is -0.136 e. The summed E-state index contributed by atoms with van der Waals surface area (Å²) in [6, 6.07) is 10.4. The average Bonchev–Trinajstić information content (AvgIpc) is 2.59. The Morgan fingerprint density at radius 3 is 1.83 bits per heavy atom. The van der Waals surface area contributed by atoms with Crippen LogP contribution in [0, 0.1) is 10.7 Å². The highest BCUT2D eigenvalue weighted by Gasteiger charge is 2.18. The Morgan fingerprint density at radius 2 is 1.30 bits per heavy atom. The van der Waals surface area contributed by atoms with Gasteiger partial charge in [0.15, 0.2) is 0 Å². The summed E-state index contributed by atoms with van der Waals surface area (Å²) in [4.78, 5) is 0. The van der Waals surface area contributed by atoms with Crippen LogP contribution >= 0.6 is 0 Å². The van der Waals surface area contributed by atoms with Crippen molar-refractivity contribution in [2.45, 2.75) is 83.3 Å². The number of benzene rings is 1. The Hall–Kier alpha value is -0.940. The molecular formula is C21H34NS+. The standard InChI is InChI=1S/C21H34NS/c1-2-3-4-5-6-7-8-9-10-11-15-18-23(20-22)19-21-16-13-12-14-17-21/h12-14,16-17H,2-11,15,18-19H2,1H3/q+1. The van der Waals surface area contributed by atoms with E-state index in [-0.39, 0.29) is 10.9 Å². The first kappa shape index (κ1) is 20.1. The third kappa shape index (κ3) is 11.3. The predicted octanol–water partition coefficient (Wildman–Crippen LogP) is 6.60. The van der Waals surface area contributed by atoms with E-state index in [1.54, 1.807) is 0 Å². The van der Waals surface area contributed by atoms with E-state index in [1.807, 2.05) is 6.07 Å². The number of unbranched alkanes of at least 4 members (excludes halogenated alkanes) is 10. The van der Waals surface area contributed by atoms with Crippen LogP contribution in [-0.2, 0) is 16.6 Å². The fourth-order valence-corrected chi connectivity index (χ4v) is 4.31. The molecule has 1 unspecified atom stereocenters. The summed E-state index contributed by atoms with van der Waals surface area (Å²) in [5, 5.41) is 11.8. The molecule has 0 amide bonds. The van der Waals surface area contributed by atoms with Gasteiger partial charge < -0.3 is 0 Å². The van der Waals surface area contributed by atoms with E-state index in [0.29, 0.717) is 0 Å². The van der Waals surface area contributed by atoms with Crippen molar-refractivity contribution in [1.29, 1.82) is 5.26 Å². The van der Waals surface area contributed by atoms with Gasteiger partial charge in [-0.3, -0.25) is 0 Å². The molecule has 0 fully saturated rings. The molecule has 1 aromatic rings. The zero-order valence-electron chi connectivity index (χ0n) is 14.9. The summed E-state index contributed by atoms with van der Waals surface area (Å²) >= 11 is 0. The molecule has 0 saturated carbocycles. The molecule has 0 radical (unpaired) electrons. The van der Waals surface area contributed by atoms with Gasteiger partial charge in [-0.1, -0.05) is 95.0 Å². The molecule has 0 aromatic heterocycles. The molecule has 0 aliphatic carbocycles. The SMILES string of the molecule is CCCCCCCCCCCCC[S+](C#N)Cc1ccccc1. The number of thiocyanates is 1.